The summed E-state index contributed by atoms with van der Waals surface area (Å²) in [5, 5.41) is 3.24. The van der Waals surface area contributed by atoms with Gasteiger partial charge in [0.15, 0.2) is 0 Å². The molecule has 2 aromatic rings. The number of rotatable bonds is 6. The van der Waals surface area contributed by atoms with Gasteiger partial charge in [0.2, 0.25) is 0 Å². The minimum absolute atomic E-state index is 0.00149. The van der Waals surface area contributed by atoms with Crippen LogP contribution in [0.1, 0.15) is 23.6 Å². The van der Waals surface area contributed by atoms with Crippen LogP contribution in [0.4, 0.5) is 14.5 Å². The molecule has 0 aliphatic heterocycles. The van der Waals surface area contributed by atoms with Gasteiger partial charge in [0.05, 0.1) is 13.2 Å². The molecule has 5 heteroatoms. The fourth-order valence-electron chi connectivity index (χ4n) is 2.10. The Hall–Kier alpha value is -2.14. The van der Waals surface area contributed by atoms with Crippen LogP contribution in [-0.2, 0) is 0 Å². The van der Waals surface area contributed by atoms with E-state index in [-0.39, 0.29) is 11.6 Å². The first-order valence-corrected chi connectivity index (χ1v) is 6.62. The fraction of sp³-hybridized carbons (Fsp3) is 0.250. The summed E-state index contributed by atoms with van der Waals surface area (Å²) in [6, 6.07) is 13.5. The third-order valence-electron chi connectivity index (χ3n) is 3.21. The number of anilines is 1. The molecule has 1 atom stereocenters. The van der Waals surface area contributed by atoms with E-state index in [9.17, 15) is 8.78 Å². The molecule has 2 rings (SSSR count). The van der Waals surface area contributed by atoms with Gasteiger partial charge in [0.25, 0.3) is 6.43 Å². The van der Waals surface area contributed by atoms with Crippen LogP contribution < -0.4 is 15.8 Å². The van der Waals surface area contributed by atoms with Crippen molar-refractivity contribution in [3.05, 3.63) is 59.7 Å². The van der Waals surface area contributed by atoms with Crippen LogP contribution in [-0.4, -0.2) is 13.7 Å². The Morgan fingerprint density at radius 3 is 2.48 bits per heavy atom. The molecular weight excluding hydrogens is 274 g/mol. The first kappa shape index (κ1) is 15.3. The van der Waals surface area contributed by atoms with Gasteiger partial charge in [-0.15, -0.1) is 0 Å². The van der Waals surface area contributed by atoms with Crippen LogP contribution in [0.15, 0.2) is 48.5 Å². The summed E-state index contributed by atoms with van der Waals surface area (Å²) in [5.74, 6) is 0.720. The van der Waals surface area contributed by atoms with Crippen molar-refractivity contribution in [2.24, 2.45) is 5.73 Å². The Morgan fingerprint density at radius 2 is 1.81 bits per heavy atom. The number of hydrogen-bond acceptors (Lipinski definition) is 3. The lowest BCUT2D eigenvalue weighted by molar-refractivity contribution is 0.151. The maximum Gasteiger partial charge on any atom is 0.263 e. The van der Waals surface area contributed by atoms with Crippen molar-refractivity contribution >= 4 is 5.69 Å². The van der Waals surface area contributed by atoms with Crippen molar-refractivity contribution in [2.45, 2.75) is 12.5 Å². The second-order valence-electron chi connectivity index (χ2n) is 4.64. The van der Waals surface area contributed by atoms with Gasteiger partial charge in [-0.2, -0.15) is 0 Å². The molecule has 0 saturated heterocycles. The van der Waals surface area contributed by atoms with Gasteiger partial charge in [-0.1, -0.05) is 24.3 Å². The molecule has 3 N–H and O–H groups in total. The number of halogens is 2. The Kier molecular flexibility index (Phi) is 5.11. The highest BCUT2D eigenvalue weighted by molar-refractivity contribution is 5.50. The molecule has 0 fully saturated rings. The van der Waals surface area contributed by atoms with Gasteiger partial charge in [0.1, 0.15) is 5.75 Å². The molecule has 0 spiro atoms. The molecule has 0 amide bonds. The maximum atomic E-state index is 12.8. The molecule has 3 nitrogen and oxygen atoms in total. The van der Waals surface area contributed by atoms with E-state index in [0.29, 0.717) is 6.54 Å². The van der Waals surface area contributed by atoms with E-state index in [2.05, 4.69) is 5.32 Å². The SMILES string of the molecule is COc1cccc(NC(CN)c2cccc(C(F)F)c2)c1. The molecule has 0 aliphatic carbocycles. The number of nitrogens with two attached hydrogens (primary N) is 1. The largest absolute Gasteiger partial charge is 0.497 e. The Morgan fingerprint density at radius 1 is 1.10 bits per heavy atom. The molecule has 0 saturated carbocycles. The first-order chi connectivity index (χ1) is 10.1. The van der Waals surface area contributed by atoms with Crippen molar-refractivity contribution in [1.29, 1.82) is 0 Å². The lowest BCUT2D eigenvalue weighted by Gasteiger charge is -2.19. The highest BCUT2D eigenvalue weighted by Gasteiger charge is 2.13. The smallest absolute Gasteiger partial charge is 0.263 e. The van der Waals surface area contributed by atoms with Crippen LogP contribution in [0, 0.1) is 0 Å². The van der Waals surface area contributed by atoms with E-state index in [4.69, 9.17) is 10.5 Å². The zero-order valence-corrected chi connectivity index (χ0v) is 11.7. The molecule has 0 heterocycles. The highest BCUT2D eigenvalue weighted by atomic mass is 19.3. The monoisotopic (exact) mass is 292 g/mol. The van der Waals surface area contributed by atoms with Crippen LogP contribution >= 0.6 is 0 Å². The van der Waals surface area contributed by atoms with Crippen molar-refractivity contribution in [1.82, 2.24) is 0 Å². The molecule has 0 radical (unpaired) electrons. The zero-order valence-electron chi connectivity index (χ0n) is 11.7. The van der Waals surface area contributed by atoms with Crippen LogP contribution in [0.25, 0.3) is 0 Å². The van der Waals surface area contributed by atoms with Crippen molar-refractivity contribution < 1.29 is 13.5 Å². The molecule has 21 heavy (non-hydrogen) atoms. The highest BCUT2D eigenvalue weighted by Crippen LogP contribution is 2.25. The van der Waals surface area contributed by atoms with Crippen LogP contribution in [0.2, 0.25) is 0 Å². The fourth-order valence-corrected chi connectivity index (χ4v) is 2.10. The van der Waals surface area contributed by atoms with E-state index >= 15 is 0 Å². The maximum absolute atomic E-state index is 12.8. The van der Waals surface area contributed by atoms with E-state index in [1.807, 2.05) is 24.3 Å². The standard InChI is InChI=1S/C16H18F2N2O/c1-21-14-7-3-6-13(9-14)20-15(10-19)11-4-2-5-12(8-11)16(17)18/h2-9,15-16,20H,10,19H2,1H3. The second-order valence-corrected chi connectivity index (χ2v) is 4.64. The average Bonchev–Trinajstić information content (AvgIpc) is 2.53. The molecule has 2 aromatic carbocycles. The quantitative estimate of drug-likeness (QED) is 0.852. The Bertz CT molecular complexity index is 590. The Labute approximate surface area is 122 Å². The minimum atomic E-state index is -2.49. The third-order valence-corrected chi connectivity index (χ3v) is 3.21. The van der Waals surface area contributed by atoms with E-state index in [0.717, 1.165) is 17.0 Å². The summed E-state index contributed by atoms with van der Waals surface area (Å²) in [4.78, 5) is 0. The summed E-state index contributed by atoms with van der Waals surface area (Å²) in [6.45, 7) is 0.296. The molecule has 0 aromatic heterocycles. The van der Waals surface area contributed by atoms with Gasteiger partial charge >= 0.3 is 0 Å². The first-order valence-electron chi connectivity index (χ1n) is 6.62. The van der Waals surface area contributed by atoms with E-state index < -0.39 is 6.43 Å². The Balaban J connectivity index is 2.21. The van der Waals surface area contributed by atoms with Crippen LogP contribution in [0.3, 0.4) is 0 Å². The lowest BCUT2D eigenvalue weighted by atomic mass is 10.0. The topological polar surface area (TPSA) is 47.3 Å². The molecular formula is C16H18F2N2O. The average molecular weight is 292 g/mol. The summed E-state index contributed by atoms with van der Waals surface area (Å²) in [5.41, 5.74) is 7.33. The van der Waals surface area contributed by atoms with E-state index in [1.54, 1.807) is 19.2 Å². The van der Waals surface area contributed by atoms with Gasteiger partial charge in [-0.3, -0.25) is 0 Å². The molecule has 0 aliphatic rings. The van der Waals surface area contributed by atoms with Gasteiger partial charge < -0.3 is 15.8 Å². The number of benzene rings is 2. The number of hydrogen-bond donors (Lipinski definition) is 2. The predicted octanol–water partition coefficient (Wildman–Crippen LogP) is 3.74. The lowest BCUT2D eigenvalue weighted by Crippen LogP contribution is -2.20. The number of alkyl halides is 2. The summed E-state index contributed by atoms with van der Waals surface area (Å²) in [6.07, 6.45) is -2.49. The molecule has 112 valence electrons. The van der Waals surface area contributed by atoms with Crippen molar-refractivity contribution in [2.75, 3.05) is 19.0 Å². The summed E-state index contributed by atoms with van der Waals surface area (Å²) >= 11 is 0. The second kappa shape index (κ2) is 7.04. The number of nitrogens with one attached hydrogen (secondary N) is 1. The third kappa shape index (κ3) is 3.92. The van der Waals surface area contributed by atoms with Crippen LogP contribution in [0.5, 0.6) is 5.75 Å². The van der Waals surface area contributed by atoms with Gasteiger partial charge in [-0.05, 0) is 23.8 Å². The summed E-state index contributed by atoms with van der Waals surface area (Å²) in [7, 11) is 1.59. The minimum Gasteiger partial charge on any atom is -0.497 e. The van der Waals surface area contributed by atoms with Crippen molar-refractivity contribution in [3.8, 4) is 5.75 Å². The van der Waals surface area contributed by atoms with Gasteiger partial charge in [-0.25, -0.2) is 8.78 Å². The zero-order chi connectivity index (χ0) is 15.2. The number of methoxy groups -OCH3 is 1. The van der Waals surface area contributed by atoms with Crippen molar-refractivity contribution in [3.63, 3.8) is 0 Å². The summed E-state index contributed by atoms with van der Waals surface area (Å²) < 4.78 is 30.7. The number of ether oxygens (including phenoxy) is 1. The normalized spacial score (nSPS) is 12.2. The molecule has 0 bridgehead atoms. The van der Waals surface area contributed by atoms with E-state index in [1.165, 1.54) is 12.1 Å². The van der Waals surface area contributed by atoms with Gasteiger partial charge in [0, 0.05) is 23.9 Å². The predicted molar refractivity (Wildman–Crippen MR) is 79.8 cm³/mol. The molecule has 1 unspecified atom stereocenters.